The van der Waals surface area contributed by atoms with E-state index in [4.69, 9.17) is 14.2 Å². The van der Waals surface area contributed by atoms with Crippen molar-refractivity contribution < 1.29 is 42.8 Å². The van der Waals surface area contributed by atoms with Crippen molar-refractivity contribution >= 4 is 17.7 Å². The Morgan fingerprint density at radius 1 is 1.05 bits per heavy atom. The summed E-state index contributed by atoms with van der Waals surface area (Å²) < 4.78 is 43.6. The molecule has 11 heteroatoms. The Morgan fingerprint density at radius 3 is 2.32 bits per heavy atom. The molecule has 0 spiro atoms. The van der Waals surface area contributed by atoms with Gasteiger partial charge in [-0.05, 0) is 74.7 Å². The molecule has 3 N–H and O–H groups in total. The maximum Gasteiger partial charge on any atom is 0.429 e. The zero-order chi connectivity index (χ0) is 30.3. The molecule has 0 heterocycles. The first kappa shape index (κ1) is 31.3. The first-order valence-electron chi connectivity index (χ1n) is 12.8. The SMILES string of the molecule is COC(=O)c1cccc(COc2ccc(-c3cc(F)c(F)cc3C)cc2)c1NN(C[C@H](O)CO)C(=O)OC(C)(C)C. The van der Waals surface area contributed by atoms with Gasteiger partial charge in [0.1, 0.15) is 18.0 Å². The molecule has 0 fully saturated rings. The molecule has 0 aliphatic rings. The molecule has 1 amide bonds. The third-order valence-electron chi connectivity index (χ3n) is 5.85. The highest BCUT2D eigenvalue weighted by atomic mass is 19.2. The number of hydrogen-bond acceptors (Lipinski definition) is 8. The molecule has 0 aromatic heterocycles. The number of hydrazine groups is 1. The molecule has 0 saturated carbocycles. The van der Waals surface area contributed by atoms with Crippen LogP contribution in [-0.2, 0) is 16.1 Å². The van der Waals surface area contributed by atoms with E-state index in [2.05, 4.69) is 5.43 Å². The van der Waals surface area contributed by atoms with Gasteiger partial charge in [0.25, 0.3) is 0 Å². The number of ether oxygens (including phenoxy) is 3. The van der Waals surface area contributed by atoms with E-state index in [0.717, 1.165) is 17.1 Å². The van der Waals surface area contributed by atoms with E-state index in [9.17, 15) is 28.6 Å². The van der Waals surface area contributed by atoms with Crippen LogP contribution in [0.4, 0.5) is 19.3 Å². The van der Waals surface area contributed by atoms with E-state index in [1.54, 1.807) is 64.1 Å². The van der Waals surface area contributed by atoms with E-state index in [1.165, 1.54) is 13.2 Å². The number of rotatable bonds is 10. The minimum absolute atomic E-state index is 0.0541. The van der Waals surface area contributed by atoms with Gasteiger partial charge in [-0.3, -0.25) is 5.43 Å². The average molecular weight is 573 g/mol. The average Bonchev–Trinajstić information content (AvgIpc) is 2.92. The van der Waals surface area contributed by atoms with Gasteiger partial charge in [0.2, 0.25) is 0 Å². The van der Waals surface area contributed by atoms with Crippen molar-refractivity contribution in [3.8, 4) is 16.9 Å². The molecule has 3 aromatic rings. The first-order chi connectivity index (χ1) is 19.3. The van der Waals surface area contributed by atoms with Gasteiger partial charge in [0.05, 0.1) is 37.6 Å². The van der Waals surface area contributed by atoms with Crippen LogP contribution >= 0.6 is 0 Å². The van der Waals surface area contributed by atoms with E-state index in [0.29, 0.717) is 28.0 Å². The van der Waals surface area contributed by atoms with Crippen molar-refractivity contribution in [1.82, 2.24) is 5.01 Å². The summed E-state index contributed by atoms with van der Waals surface area (Å²) in [4.78, 5) is 25.5. The maximum atomic E-state index is 13.8. The number of carbonyl (C=O) groups is 2. The topological polar surface area (TPSA) is 118 Å². The van der Waals surface area contributed by atoms with Crippen LogP contribution in [0, 0.1) is 18.6 Å². The van der Waals surface area contributed by atoms with E-state index in [-0.39, 0.29) is 24.4 Å². The van der Waals surface area contributed by atoms with Crippen LogP contribution < -0.4 is 10.2 Å². The zero-order valence-corrected chi connectivity index (χ0v) is 23.5. The number of aliphatic hydroxyl groups excluding tert-OH is 2. The summed E-state index contributed by atoms with van der Waals surface area (Å²) in [6.07, 6.45) is -2.14. The fourth-order valence-electron chi connectivity index (χ4n) is 3.87. The van der Waals surface area contributed by atoms with Gasteiger partial charge in [-0.15, -0.1) is 0 Å². The summed E-state index contributed by atoms with van der Waals surface area (Å²) in [6.45, 7) is 5.68. The normalized spacial score (nSPS) is 11.9. The number of aliphatic hydroxyl groups is 2. The summed E-state index contributed by atoms with van der Waals surface area (Å²) in [6, 6.07) is 13.8. The number of amides is 1. The van der Waals surface area contributed by atoms with E-state index in [1.807, 2.05) is 0 Å². The summed E-state index contributed by atoms with van der Waals surface area (Å²) in [5.74, 6) is -2.10. The van der Waals surface area contributed by atoms with Crippen molar-refractivity contribution in [2.24, 2.45) is 0 Å². The molecule has 0 radical (unpaired) electrons. The van der Waals surface area contributed by atoms with Crippen LogP contribution in [0.5, 0.6) is 5.75 Å². The Kier molecular flexibility index (Phi) is 10.3. The van der Waals surface area contributed by atoms with Crippen LogP contribution in [0.3, 0.4) is 0 Å². The fourth-order valence-corrected chi connectivity index (χ4v) is 3.87. The van der Waals surface area contributed by atoms with Crippen molar-refractivity contribution in [1.29, 1.82) is 0 Å². The standard InChI is InChI=1S/C30H34F2N2O7/c1-18-13-25(31)26(32)14-24(18)19-9-11-22(12-10-19)40-17-20-7-6-8-23(28(37)39-5)27(20)33-34(15-21(36)16-35)29(38)41-30(2,3)4/h6-14,21,33,35-36H,15-17H2,1-5H3/t21-/m0/s1. The molecule has 0 unspecified atom stereocenters. The van der Waals surface area contributed by atoms with Gasteiger partial charge in [-0.1, -0.05) is 24.3 Å². The van der Waals surface area contributed by atoms with Crippen LogP contribution in [0.1, 0.15) is 42.3 Å². The summed E-state index contributed by atoms with van der Waals surface area (Å²) in [5, 5.41) is 20.4. The molecule has 0 aliphatic heterocycles. The highest BCUT2D eigenvalue weighted by Crippen LogP contribution is 2.29. The lowest BCUT2D eigenvalue weighted by atomic mass is 10.0. The van der Waals surface area contributed by atoms with Crippen molar-refractivity contribution in [2.45, 2.75) is 46.0 Å². The summed E-state index contributed by atoms with van der Waals surface area (Å²) in [7, 11) is 1.21. The molecular formula is C30H34F2N2O7. The number of carbonyl (C=O) groups excluding carboxylic acids is 2. The number of aryl methyl sites for hydroxylation is 1. The lowest BCUT2D eigenvalue weighted by molar-refractivity contribution is 0.0133. The quantitative estimate of drug-likeness (QED) is 0.224. The number of benzene rings is 3. The van der Waals surface area contributed by atoms with Crippen LogP contribution in [-0.4, -0.2) is 59.3 Å². The van der Waals surface area contributed by atoms with Gasteiger partial charge in [0.15, 0.2) is 11.6 Å². The molecule has 0 saturated heterocycles. The Labute approximate surface area is 237 Å². The zero-order valence-electron chi connectivity index (χ0n) is 23.5. The third kappa shape index (κ3) is 8.38. The lowest BCUT2D eigenvalue weighted by Crippen LogP contribution is -2.45. The van der Waals surface area contributed by atoms with Gasteiger partial charge < -0.3 is 24.4 Å². The lowest BCUT2D eigenvalue weighted by Gasteiger charge is -2.30. The second-order valence-electron chi connectivity index (χ2n) is 10.3. The maximum absolute atomic E-state index is 13.8. The van der Waals surface area contributed by atoms with Gasteiger partial charge >= 0.3 is 12.1 Å². The number of halogens is 2. The largest absolute Gasteiger partial charge is 0.489 e. The fraction of sp³-hybridized carbons (Fsp3) is 0.333. The van der Waals surface area contributed by atoms with Crippen molar-refractivity contribution in [3.05, 3.63) is 82.9 Å². The highest BCUT2D eigenvalue weighted by Gasteiger charge is 2.27. The molecule has 1 atom stereocenters. The van der Waals surface area contributed by atoms with E-state index >= 15 is 0 Å². The van der Waals surface area contributed by atoms with Crippen LogP contribution in [0.15, 0.2) is 54.6 Å². The minimum Gasteiger partial charge on any atom is -0.489 e. The smallest absolute Gasteiger partial charge is 0.429 e. The van der Waals surface area contributed by atoms with Crippen LogP contribution in [0.25, 0.3) is 11.1 Å². The number of nitrogens with zero attached hydrogens (tertiary/aromatic N) is 1. The second kappa shape index (κ2) is 13.4. The Morgan fingerprint density at radius 2 is 1.71 bits per heavy atom. The molecule has 0 aliphatic carbocycles. The number of anilines is 1. The minimum atomic E-state index is -1.29. The van der Waals surface area contributed by atoms with Crippen molar-refractivity contribution in [2.75, 3.05) is 25.7 Å². The highest BCUT2D eigenvalue weighted by molar-refractivity contribution is 5.96. The molecule has 41 heavy (non-hydrogen) atoms. The predicted molar refractivity (Wildman–Crippen MR) is 148 cm³/mol. The molecule has 3 aromatic carbocycles. The first-order valence-corrected chi connectivity index (χ1v) is 12.8. The van der Waals surface area contributed by atoms with Gasteiger partial charge in [-0.2, -0.15) is 0 Å². The van der Waals surface area contributed by atoms with Crippen LogP contribution in [0.2, 0.25) is 0 Å². The van der Waals surface area contributed by atoms with Gasteiger partial charge in [0, 0.05) is 5.56 Å². The Balaban J connectivity index is 1.89. The Hall–Kier alpha value is -4.22. The second-order valence-corrected chi connectivity index (χ2v) is 10.3. The van der Waals surface area contributed by atoms with Crippen molar-refractivity contribution in [3.63, 3.8) is 0 Å². The number of para-hydroxylation sites is 1. The number of hydrogen-bond donors (Lipinski definition) is 3. The molecule has 220 valence electrons. The third-order valence-corrected chi connectivity index (χ3v) is 5.85. The molecule has 0 bridgehead atoms. The monoisotopic (exact) mass is 572 g/mol. The predicted octanol–water partition coefficient (Wildman–Crippen LogP) is 5.22. The van der Waals surface area contributed by atoms with Gasteiger partial charge in [-0.25, -0.2) is 23.4 Å². The van der Waals surface area contributed by atoms with E-state index < -0.39 is 42.0 Å². The molecule has 9 nitrogen and oxygen atoms in total. The Bertz CT molecular complexity index is 1370. The summed E-state index contributed by atoms with van der Waals surface area (Å²) in [5.41, 5.74) is 4.48. The number of nitrogens with one attached hydrogen (secondary N) is 1. The number of esters is 1. The summed E-state index contributed by atoms with van der Waals surface area (Å²) >= 11 is 0. The molecular weight excluding hydrogens is 538 g/mol. The molecule has 3 rings (SSSR count). The number of methoxy groups -OCH3 is 1.